The first-order chi connectivity index (χ1) is 9.25. The molecule has 0 atom stereocenters. The number of hydrogen-bond acceptors (Lipinski definition) is 1. The van der Waals surface area contributed by atoms with Crippen LogP contribution in [-0.2, 0) is 7.05 Å². The largest absolute Gasteiger partial charge is 0.371 e. The fraction of sp³-hybridized carbons (Fsp3) is 0.353. The highest BCUT2D eigenvalue weighted by atomic mass is 15.1. The lowest BCUT2D eigenvalue weighted by Crippen LogP contribution is -2.31. The second-order valence-electron chi connectivity index (χ2n) is 5.39. The molecule has 1 aromatic heterocycles. The predicted molar refractivity (Wildman–Crippen MR) is 79.2 cm³/mol. The second kappa shape index (κ2) is 5.04. The Morgan fingerprint density at radius 1 is 1.05 bits per heavy atom. The van der Waals surface area contributed by atoms with E-state index in [9.17, 15) is 0 Å². The van der Waals surface area contributed by atoms with E-state index >= 15 is 0 Å². The molecule has 2 heterocycles. The van der Waals surface area contributed by atoms with Crippen LogP contribution >= 0.6 is 0 Å². The van der Waals surface area contributed by atoms with E-state index in [2.05, 4.69) is 66.0 Å². The van der Waals surface area contributed by atoms with Gasteiger partial charge in [-0.15, -0.1) is 0 Å². The van der Waals surface area contributed by atoms with Gasteiger partial charge in [0.15, 0.2) is 6.20 Å². The summed E-state index contributed by atoms with van der Waals surface area (Å²) in [5, 5.41) is 0. The Morgan fingerprint density at radius 2 is 1.79 bits per heavy atom. The van der Waals surface area contributed by atoms with Crippen molar-refractivity contribution in [1.29, 1.82) is 0 Å². The number of aromatic nitrogens is 1. The highest BCUT2D eigenvalue weighted by Crippen LogP contribution is 2.25. The van der Waals surface area contributed by atoms with Crippen molar-refractivity contribution in [3.05, 3.63) is 48.2 Å². The molecule has 0 radical (unpaired) electrons. The second-order valence-corrected chi connectivity index (χ2v) is 5.39. The van der Waals surface area contributed by atoms with Crippen LogP contribution in [0.2, 0.25) is 0 Å². The van der Waals surface area contributed by atoms with Gasteiger partial charge in [-0.05, 0) is 31.4 Å². The summed E-state index contributed by atoms with van der Waals surface area (Å²) in [5.41, 5.74) is 5.30. The molecule has 2 heteroatoms. The fourth-order valence-electron chi connectivity index (χ4n) is 2.86. The van der Waals surface area contributed by atoms with Crippen LogP contribution in [0.25, 0.3) is 11.3 Å². The predicted octanol–water partition coefficient (Wildman–Crippen LogP) is 3.09. The molecule has 0 aliphatic carbocycles. The molecule has 19 heavy (non-hydrogen) atoms. The van der Waals surface area contributed by atoms with Gasteiger partial charge in [-0.25, -0.2) is 4.57 Å². The fourth-order valence-corrected chi connectivity index (χ4v) is 2.86. The van der Waals surface area contributed by atoms with Gasteiger partial charge in [0.1, 0.15) is 7.05 Å². The van der Waals surface area contributed by atoms with Crippen LogP contribution in [0, 0.1) is 6.92 Å². The third kappa shape index (κ3) is 2.35. The van der Waals surface area contributed by atoms with Gasteiger partial charge in [0.05, 0.1) is 0 Å². The SMILES string of the molecule is Cc1ccccc1-c1cc(N2CCCC2)cc[n+]1C. The molecule has 1 aromatic carbocycles. The van der Waals surface area contributed by atoms with E-state index in [4.69, 9.17) is 0 Å². The summed E-state index contributed by atoms with van der Waals surface area (Å²) in [6.45, 7) is 4.57. The lowest BCUT2D eigenvalue weighted by Gasteiger charge is -2.17. The van der Waals surface area contributed by atoms with E-state index in [1.54, 1.807) is 0 Å². The van der Waals surface area contributed by atoms with E-state index in [-0.39, 0.29) is 0 Å². The van der Waals surface area contributed by atoms with Gasteiger partial charge >= 0.3 is 0 Å². The number of hydrogen-bond donors (Lipinski definition) is 0. The lowest BCUT2D eigenvalue weighted by molar-refractivity contribution is -0.660. The van der Waals surface area contributed by atoms with Gasteiger partial charge in [-0.2, -0.15) is 0 Å². The summed E-state index contributed by atoms with van der Waals surface area (Å²) in [4.78, 5) is 2.49. The zero-order chi connectivity index (χ0) is 13.2. The smallest absolute Gasteiger partial charge is 0.214 e. The zero-order valence-electron chi connectivity index (χ0n) is 11.8. The topological polar surface area (TPSA) is 7.12 Å². The van der Waals surface area contributed by atoms with Crippen LogP contribution in [-0.4, -0.2) is 13.1 Å². The maximum Gasteiger partial charge on any atom is 0.214 e. The molecule has 3 rings (SSSR count). The third-order valence-corrected chi connectivity index (χ3v) is 4.03. The van der Waals surface area contributed by atoms with E-state index < -0.39 is 0 Å². The van der Waals surface area contributed by atoms with Crippen molar-refractivity contribution in [3.63, 3.8) is 0 Å². The third-order valence-electron chi connectivity index (χ3n) is 4.03. The maximum atomic E-state index is 2.49. The molecule has 1 saturated heterocycles. The quantitative estimate of drug-likeness (QED) is 0.746. The van der Waals surface area contributed by atoms with Crippen molar-refractivity contribution >= 4 is 5.69 Å². The molecule has 0 spiro atoms. The number of benzene rings is 1. The van der Waals surface area contributed by atoms with E-state index in [0.29, 0.717) is 0 Å². The van der Waals surface area contributed by atoms with Gasteiger partial charge in [0.25, 0.3) is 0 Å². The number of nitrogens with zero attached hydrogens (tertiary/aromatic N) is 2. The first-order valence-corrected chi connectivity index (χ1v) is 7.06. The van der Waals surface area contributed by atoms with Crippen molar-refractivity contribution in [2.75, 3.05) is 18.0 Å². The minimum Gasteiger partial charge on any atom is -0.371 e. The van der Waals surface area contributed by atoms with Crippen LogP contribution in [0.3, 0.4) is 0 Å². The monoisotopic (exact) mass is 253 g/mol. The Morgan fingerprint density at radius 3 is 2.53 bits per heavy atom. The molecule has 98 valence electrons. The Labute approximate surface area is 115 Å². The summed E-state index contributed by atoms with van der Waals surface area (Å²) in [6.07, 6.45) is 4.82. The summed E-state index contributed by atoms with van der Waals surface area (Å²) in [5.74, 6) is 0. The van der Waals surface area contributed by atoms with Gasteiger partial charge in [0.2, 0.25) is 5.69 Å². The highest BCUT2D eigenvalue weighted by molar-refractivity contribution is 5.65. The molecular formula is C17H21N2+. The molecule has 2 nitrogen and oxygen atoms in total. The highest BCUT2D eigenvalue weighted by Gasteiger charge is 2.17. The van der Waals surface area contributed by atoms with Crippen molar-refractivity contribution in [1.82, 2.24) is 0 Å². The van der Waals surface area contributed by atoms with Gasteiger partial charge in [-0.3, -0.25) is 0 Å². The van der Waals surface area contributed by atoms with Gasteiger partial charge in [0, 0.05) is 36.5 Å². The summed E-state index contributed by atoms with van der Waals surface area (Å²) in [6, 6.07) is 13.2. The Kier molecular flexibility index (Phi) is 3.24. The minimum absolute atomic E-state index is 1.20. The first-order valence-electron chi connectivity index (χ1n) is 7.06. The zero-order valence-corrected chi connectivity index (χ0v) is 11.8. The van der Waals surface area contributed by atoms with Crippen LogP contribution in [0.15, 0.2) is 42.6 Å². The van der Waals surface area contributed by atoms with E-state index in [0.717, 1.165) is 0 Å². The van der Waals surface area contributed by atoms with E-state index in [1.165, 1.54) is 48.4 Å². The van der Waals surface area contributed by atoms with Crippen molar-refractivity contribution in [2.45, 2.75) is 19.8 Å². The van der Waals surface area contributed by atoms with Crippen molar-refractivity contribution in [2.24, 2.45) is 7.05 Å². The maximum absolute atomic E-state index is 2.49. The van der Waals surface area contributed by atoms with Crippen molar-refractivity contribution in [3.8, 4) is 11.3 Å². The first kappa shape index (κ1) is 12.2. The van der Waals surface area contributed by atoms with Crippen LogP contribution in [0.4, 0.5) is 5.69 Å². The molecule has 0 amide bonds. The standard InChI is InChI=1S/C17H21N2/c1-14-7-3-4-8-16(14)17-13-15(9-12-18(17)2)19-10-5-6-11-19/h3-4,7-9,12-13H,5-6,10-11H2,1-2H3/q+1. The average molecular weight is 253 g/mol. The van der Waals surface area contributed by atoms with Crippen LogP contribution < -0.4 is 9.47 Å². The Hall–Kier alpha value is -1.83. The van der Waals surface area contributed by atoms with Crippen LogP contribution in [0.1, 0.15) is 18.4 Å². The summed E-state index contributed by atoms with van der Waals surface area (Å²) < 4.78 is 2.21. The molecule has 1 aliphatic rings. The lowest BCUT2D eigenvalue weighted by atomic mass is 10.0. The summed E-state index contributed by atoms with van der Waals surface area (Å²) in [7, 11) is 2.12. The Balaban J connectivity index is 2.05. The molecular weight excluding hydrogens is 232 g/mol. The van der Waals surface area contributed by atoms with E-state index in [1.807, 2.05) is 0 Å². The summed E-state index contributed by atoms with van der Waals surface area (Å²) >= 11 is 0. The molecule has 0 N–H and O–H groups in total. The number of aryl methyl sites for hydroxylation is 2. The Bertz CT molecular complexity index is 584. The molecule has 0 bridgehead atoms. The molecule has 0 saturated carbocycles. The number of pyridine rings is 1. The normalized spacial score (nSPS) is 14.9. The van der Waals surface area contributed by atoms with Crippen molar-refractivity contribution < 1.29 is 4.57 Å². The number of anilines is 1. The molecule has 0 unspecified atom stereocenters. The minimum atomic E-state index is 1.20. The molecule has 1 fully saturated rings. The van der Waals surface area contributed by atoms with Crippen LogP contribution in [0.5, 0.6) is 0 Å². The molecule has 1 aliphatic heterocycles. The van der Waals surface area contributed by atoms with Gasteiger partial charge in [-0.1, -0.05) is 18.2 Å². The average Bonchev–Trinajstić information content (AvgIpc) is 2.94. The van der Waals surface area contributed by atoms with Gasteiger partial charge < -0.3 is 4.90 Å². The number of rotatable bonds is 2. The molecule has 2 aromatic rings.